The van der Waals surface area contributed by atoms with E-state index in [4.69, 9.17) is 23.2 Å². The Labute approximate surface area is 194 Å². The molecule has 0 aromatic heterocycles. The molecule has 0 radical (unpaired) electrons. The second kappa shape index (κ2) is 9.15. The fourth-order valence-electron chi connectivity index (χ4n) is 3.86. The normalized spacial score (nSPS) is 16.0. The molecule has 0 bridgehead atoms. The number of halogens is 3. The molecule has 0 aliphatic carbocycles. The predicted molar refractivity (Wildman–Crippen MR) is 123 cm³/mol. The minimum Gasteiger partial charge on any atom is -0.503 e. The van der Waals surface area contributed by atoms with Crippen LogP contribution in [0.1, 0.15) is 23.6 Å². The Bertz CT molecular complexity index is 1210. The Morgan fingerprint density at radius 3 is 2.25 bits per heavy atom. The number of amides is 1. The van der Waals surface area contributed by atoms with Crippen molar-refractivity contribution in [3.63, 3.8) is 0 Å². The molecule has 4 nitrogen and oxygen atoms in total. The van der Waals surface area contributed by atoms with Gasteiger partial charge in [-0.1, -0.05) is 71.7 Å². The van der Waals surface area contributed by atoms with Crippen molar-refractivity contribution in [1.29, 1.82) is 0 Å². The Morgan fingerprint density at radius 1 is 0.969 bits per heavy atom. The van der Waals surface area contributed by atoms with E-state index >= 15 is 0 Å². The molecule has 1 aliphatic heterocycles. The zero-order valence-corrected chi connectivity index (χ0v) is 18.3. The van der Waals surface area contributed by atoms with Crippen molar-refractivity contribution in [3.8, 4) is 0 Å². The maximum Gasteiger partial charge on any atom is 0.294 e. The molecule has 0 spiro atoms. The van der Waals surface area contributed by atoms with Gasteiger partial charge in [0.25, 0.3) is 5.91 Å². The van der Waals surface area contributed by atoms with Crippen molar-refractivity contribution in [3.05, 3.63) is 111 Å². The first-order valence-electron chi connectivity index (χ1n) is 9.91. The summed E-state index contributed by atoms with van der Waals surface area (Å²) >= 11 is 12.2. The molecule has 1 heterocycles. The highest BCUT2D eigenvalue weighted by Crippen LogP contribution is 2.43. The number of carbonyl (C=O) groups is 2. The third kappa shape index (κ3) is 4.27. The monoisotopic (exact) mass is 469 g/mol. The lowest BCUT2D eigenvalue weighted by molar-refractivity contribution is -0.118. The molecule has 0 saturated carbocycles. The minimum atomic E-state index is -1.15. The predicted octanol–water partition coefficient (Wildman–Crippen LogP) is 6.23. The molecule has 1 atom stereocenters. The number of benzene rings is 3. The van der Waals surface area contributed by atoms with E-state index in [1.54, 1.807) is 6.07 Å². The lowest BCUT2D eigenvalue weighted by Gasteiger charge is -2.27. The van der Waals surface area contributed by atoms with E-state index in [-0.39, 0.29) is 33.3 Å². The van der Waals surface area contributed by atoms with Gasteiger partial charge in [-0.2, -0.15) is 0 Å². The lowest BCUT2D eigenvalue weighted by atomic mass is 9.92. The number of anilines is 1. The van der Waals surface area contributed by atoms with E-state index < -0.39 is 29.3 Å². The van der Waals surface area contributed by atoms with Crippen LogP contribution in [0.3, 0.4) is 0 Å². The Balaban J connectivity index is 1.77. The van der Waals surface area contributed by atoms with Crippen LogP contribution in [0.4, 0.5) is 10.1 Å². The molecule has 162 valence electrons. The maximum absolute atomic E-state index is 14.8. The summed E-state index contributed by atoms with van der Waals surface area (Å²) in [4.78, 5) is 27.4. The third-order valence-corrected chi connectivity index (χ3v) is 5.75. The molecular formula is C25H18Cl2FNO3. The lowest BCUT2D eigenvalue weighted by Crippen LogP contribution is -2.31. The van der Waals surface area contributed by atoms with Crippen LogP contribution in [0, 0.1) is 5.82 Å². The molecule has 1 unspecified atom stereocenters. The van der Waals surface area contributed by atoms with Gasteiger partial charge in [-0.3, -0.25) is 14.5 Å². The zero-order valence-electron chi connectivity index (χ0n) is 16.8. The van der Waals surface area contributed by atoms with Crippen molar-refractivity contribution in [2.45, 2.75) is 18.9 Å². The third-order valence-electron chi connectivity index (χ3n) is 5.32. The average Bonchev–Trinajstić information content (AvgIpc) is 3.03. The highest BCUT2D eigenvalue weighted by molar-refractivity contribution is 6.35. The molecule has 3 aromatic carbocycles. The summed E-state index contributed by atoms with van der Waals surface area (Å²) in [6.07, 6.45) is 0.462. The fraction of sp³-hybridized carbons (Fsp3) is 0.120. The van der Waals surface area contributed by atoms with Crippen LogP contribution >= 0.6 is 23.2 Å². The summed E-state index contributed by atoms with van der Waals surface area (Å²) in [6, 6.07) is 18.5. The quantitative estimate of drug-likeness (QED) is 0.465. The smallest absolute Gasteiger partial charge is 0.294 e. The van der Waals surface area contributed by atoms with Crippen LogP contribution in [-0.4, -0.2) is 16.8 Å². The van der Waals surface area contributed by atoms with E-state index in [2.05, 4.69) is 0 Å². The summed E-state index contributed by atoms with van der Waals surface area (Å²) in [5.41, 5.74) is 1.13. The summed E-state index contributed by atoms with van der Waals surface area (Å²) < 4.78 is 14.8. The molecule has 0 saturated heterocycles. The number of aliphatic hydroxyl groups is 1. The van der Waals surface area contributed by atoms with Gasteiger partial charge in [-0.05, 0) is 36.2 Å². The number of carbonyl (C=O) groups excluding carboxylic acids is 2. The molecule has 3 aromatic rings. The van der Waals surface area contributed by atoms with Gasteiger partial charge in [-0.25, -0.2) is 4.39 Å². The number of aryl methyl sites for hydroxylation is 1. The van der Waals surface area contributed by atoms with Crippen LogP contribution in [-0.2, 0) is 16.0 Å². The van der Waals surface area contributed by atoms with Gasteiger partial charge in [0, 0.05) is 27.7 Å². The highest BCUT2D eigenvalue weighted by atomic mass is 35.5. The van der Waals surface area contributed by atoms with Crippen LogP contribution < -0.4 is 4.90 Å². The van der Waals surface area contributed by atoms with Crippen LogP contribution in [0.15, 0.2) is 84.1 Å². The molecule has 1 amide bonds. The number of hydrogen-bond acceptors (Lipinski definition) is 3. The number of hydrogen-bond donors (Lipinski definition) is 1. The molecule has 1 aliphatic rings. The van der Waals surface area contributed by atoms with Crippen molar-refractivity contribution >= 4 is 40.6 Å². The molecule has 4 rings (SSSR count). The van der Waals surface area contributed by atoms with Crippen molar-refractivity contribution in [2.75, 3.05) is 4.90 Å². The molecule has 0 fully saturated rings. The Hall–Kier alpha value is -3.15. The highest BCUT2D eigenvalue weighted by Gasteiger charge is 2.45. The van der Waals surface area contributed by atoms with E-state index in [1.165, 1.54) is 36.4 Å². The van der Waals surface area contributed by atoms with Gasteiger partial charge in [0.2, 0.25) is 0 Å². The summed E-state index contributed by atoms with van der Waals surface area (Å²) in [7, 11) is 0. The standard InChI is InChI=1S/C25H18Cl2FNO3/c26-16-12-17(27)14-18(13-16)29-23(19-8-4-5-9-20(19)28)22(24(31)25(29)32)21(30)11-10-15-6-2-1-3-7-15/h1-9,12-14,23,31H,10-11H2. The largest absolute Gasteiger partial charge is 0.503 e. The van der Waals surface area contributed by atoms with Crippen molar-refractivity contribution in [2.24, 2.45) is 0 Å². The van der Waals surface area contributed by atoms with Crippen molar-refractivity contribution in [1.82, 2.24) is 0 Å². The number of nitrogens with zero attached hydrogens (tertiary/aromatic N) is 1. The summed E-state index contributed by atoms with van der Waals surface area (Å²) in [5, 5.41) is 11.2. The maximum atomic E-state index is 14.8. The van der Waals surface area contributed by atoms with Crippen LogP contribution in [0.25, 0.3) is 0 Å². The van der Waals surface area contributed by atoms with Gasteiger partial charge in [-0.15, -0.1) is 0 Å². The Morgan fingerprint density at radius 2 is 1.59 bits per heavy atom. The van der Waals surface area contributed by atoms with E-state index in [0.29, 0.717) is 6.42 Å². The zero-order chi connectivity index (χ0) is 22.8. The summed E-state index contributed by atoms with van der Waals surface area (Å²) in [5.74, 6) is -2.57. The van der Waals surface area contributed by atoms with E-state index in [1.807, 2.05) is 30.3 Å². The number of rotatable bonds is 6. The van der Waals surface area contributed by atoms with Gasteiger partial charge in [0.05, 0.1) is 11.6 Å². The second-order valence-electron chi connectivity index (χ2n) is 7.40. The molecule has 32 heavy (non-hydrogen) atoms. The fourth-order valence-corrected chi connectivity index (χ4v) is 4.38. The number of Topliss-reactive ketones (excluding diaryl/α,β-unsaturated/α-hetero) is 1. The van der Waals surface area contributed by atoms with Gasteiger partial charge in [0.15, 0.2) is 11.5 Å². The topological polar surface area (TPSA) is 57.6 Å². The first kappa shape index (κ1) is 22.1. The second-order valence-corrected chi connectivity index (χ2v) is 8.27. The first-order valence-corrected chi connectivity index (χ1v) is 10.7. The average molecular weight is 470 g/mol. The SMILES string of the molecule is O=C(CCc1ccccc1)C1=C(O)C(=O)N(c2cc(Cl)cc(Cl)c2)C1c1ccccc1F. The first-order chi connectivity index (χ1) is 15.4. The van der Waals surface area contributed by atoms with E-state index in [9.17, 15) is 19.1 Å². The minimum absolute atomic E-state index is 0.0474. The summed E-state index contributed by atoms with van der Waals surface area (Å²) in [6.45, 7) is 0. The molecule has 7 heteroatoms. The van der Waals surface area contributed by atoms with Gasteiger partial charge in [0.1, 0.15) is 5.82 Å². The van der Waals surface area contributed by atoms with Crippen LogP contribution in [0.2, 0.25) is 10.0 Å². The molecule has 1 N–H and O–H groups in total. The number of aliphatic hydroxyl groups excluding tert-OH is 1. The van der Waals surface area contributed by atoms with E-state index in [0.717, 1.165) is 10.5 Å². The van der Waals surface area contributed by atoms with Crippen LogP contribution in [0.5, 0.6) is 0 Å². The Kier molecular flexibility index (Phi) is 6.31. The van der Waals surface area contributed by atoms with Crippen molar-refractivity contribution < 1.29 is 19.1 Å². The van der Waals surface area contributed by atoms with Gasteiger partial charge < -0.3 is 5.11 Å². The molecular weight excluding hydrogens is 452 g/mol. The van der Waals surface area contributed by atoms with Gasteiger partial charge >= 0.3 is 0 Å². The number of ketones is 1.